The van der Waals surface area contributed by atoms with E-state index in [1.165, 1.54) is 0 Å². The van der Waals surface area contributed by atoms with E-state index in [0.717, 1.165) is 28.0 Å². The maximum Gasteiger partial charge on any atom is 0.127 e. The van der Waals surface area contributed by atoms with Crippen LogP contribution in [-0.2, 0) is 0 Å². The van der Waals surface area contributed by atoms with E-state index in [1.54, 1.807) is 6.07 Å². The van der Waals surface area contributed by atoms with Crippen LogP contribution in [0, 0.1) is 13.8 Å². The lowest BCUT2D eigenvalue weighted by molar-refractivity contribution is 0.469. The molecule has 0 saturated heterocycles. The maximum atomic E-state index is 10.3. The maximum absolute atomic E-state index is 10.3. The van der Waals surface area contributed by atoms with Crippen molar-refractivity contribution in [3.8, 4) is 5.75 Å². The highest BCUT2D eigenvalue weighted by Crippen LogP contribution is 2.34. The highest BCUT2D eigenvalue weighted by atomic mass is 35.5. The first-order valence-corrected chi connectivity index (χ1v) is 7.79. The minimum absolute atomic E-state index is 0.0139. The Bertz CT molecular complexity index is 771. The SMILES string of the molecule is Cc1cc(C)c(O)c(C2=NN[C@@H](c3ccc(Cl)cc3Cl)C2)c1. The van der Waals surface area contributed by atoms with Crippen molar-refractivity contribution in [3.63, 3.8) is 0 Å². The lowest BCUT2D eigenvalue weighted by Gasteiger charge is -2.13. The average Bonchev–Trinajstić information content (AvgIpc) is 2.92. The summed E-state index contributed by atoms with van der Waals surface area (Å²) in [6.45, 7) is 3.90. The normalized spacial score (nSPS) is 17.3. The summed E-state index contributed by atoms with van der Waals surface area (Å²) >= 11 is 12.2. The third kappa shape index (κ3) is 2.79. The summed E-state index contributed by atoms with van der Waals surface area (Å²) in [5, 5.41) is 15.9. The van der Waals surface area contributed by atoms with Crippen LogP contribution in [0.2, 0.25) is 10.0 Å². The number of aryl methyl sites for hydroxylation is 2. The number of nitrogens with one attached hydrogen (secondary N) is 1. The van der Waals surface area contributed by atoms with Crippen molar-refractivity contribution in [3.05, 3.63) is 62.6 Å². The molecule has 0 bridgehead atoms. The molecular weight excluding hydrogens is 319 g/mol. The molecule has 0 spiro atoms. The molecule has 0 fully saturated rings. The summed E-state index contributed by atoms with van der Waals surface area (Å²) in [4.78, 5) is 0. The summed E-state index contributed by atoms with van der Waals surface area (Å²) in [7, 11) is 0. The lowest BCUT2D eigenvalue weighted by atomic mass is 9.96. The molecule has 0 amide bonds. The molecular formula is C17H16Cl2N2O. The van der Waals surface area contributed by atoms with Gasteiger partial charge in [0.25, 0.3) is 0 Å². The predicted molar refractivity (Wildman–Crippen MR) is 91.1 cm³/mol. The standard InChI is InChI=1S/C17H16Cl2N2O/c1-9-5-10(2)17(22)13(6-9)16-8-15(20-21-16)12-4-3-11(18)7-14(12)19/h3-7,15,20,22H,8H2,1-2H3/t15-/m1/s1. The highest BCUT2D eigenvalue weighted by Gasteiger charge is 2.25. The number of nitrogens with zero attached hydrogens (tertiary/aromatic N) is 1. The Morgan fingerprint density at radius 1 is 1.18 bits per heavy atom. The van der Waals surface area contributed by atoms with Gasteiger partial charge in [0.1, 0.15) is 5.75 Å². The molecule has 3 rings (SSSR count). The third-order valence-corrected chi connectivity index (χ3v) is 4.41. The number of halogens is 2. The molecule has 1 aliphatic rings. The number of benzene rings is 2. The van der Waals surface area contributed by atoms with E-state index in [-0.39, 0.29) is 11.8 Å². The van der Waals surface area contributed by atoms with E-state index < -0.39 is 0 Å². The van der Waals surface area contributed by atoms with Crippen LogP contribution in [-0.4, -0.2) is 10.8 Å². The van der Waals surface area contributed by atoms with Gasteiger partial charge in [-0.1, -0.05) is 35.3 Å². The molecule has 2 aromatic rings. The van der Waals surface area contributed by atoms with Gasteiger partial charge in [-0.15, -0.1) is 0 Å². The lowest BCUT2D eigenvalue weighted by Crippen LogP contribution is -2.10. The van der Waals surface area contributed by atoms with Crippen molar-refractivity contribution in [1.82, 2.24) is 5.43 Å². The van der Waals surface area contributed by atoms with Gasteiger partial charge < -0.3 is 10.5 Å². The highest BCUT2D eigenvalue weighted by molar-refractivity contribution is 6.35. The van der Waals surface area contributed by atoms with Crippen molar-refractivity contribution in [1.29, 1.82) is 0 Å². The Labute approximate surface area is 139 Å². The number of rotatable bonds is 2. The van der Waals surface area contributed by atoms with Crippen LogP contribution in [0.5, 0.6) is 5.75 Å². The molecule has 0 unspecified atom stereocenters. The van der Waals surface area contributed by atoms with E-state index in [4.69, 9.17) is 23.2 Å². The van der Waals surface area contributed by atoms with E-state index in [0.29, 0.717) is 16.5 Å². The summed E-state index contributed by atoms with van der Waals surface area (Å²) in [6, 6.07) is 9.34. The smallest absolute Gasteiger partial charge is 0.127 e. The molecule has 0 aliphatic carbocycles. The number of hydrazone groups is 1. The Hall–Kier alpha value is -1.71. The average molecular weight is 335 g/mol. The van der Waals surface area contributed by atoms with Crippen molar-refractivity contribution in [2.45, 2.75) is 26.3 Å². The summed E-state index contributed by atoms with van der Waals surface area (Å²) in [5.41, 5.74) is 7.61. The van der Waals surface area contributed by atoms with Gasteiger partial charge in [-0.2, -0.15) is 5.10 Å². The first-order valence-electron chi connectivity index (χ1n) is 7.03. The number of phenolic OH excluding ortho intramolecular Hbond substituents is 1. The first-order chi connectivity index (χ1) is 10.5. The molecule has 1 heterocycles. The Morgan fingerprint density at radius 3 is 2.68 bits per heavy atom. The summed E-state index contributed by atoms with van der Waals surface area (Å²) < 4.78 is 0. The van der Waals surface area contributed by atoms with Gasteiger partial charge in [-0.3, -0.25) is 0 Å². The van der Waals surface area contributed by atoms with Gasteiger partial charge in [-0.25, -0.2) is 0 Å². The molecule has 1 aliphatic heterocycles. The second-order valence-electron chi connectivity index (χ2n) is 5.59. The van der Waals surface area contributed by atoms with Crippen LogP contribution in [0.4, 0.5) is 0 Å². The van der Waals surface area contributed by atoms with Crippen LogP contribution in [0.15, 0.2) is 35.4 Å². The molecule has 5 heteroatoms. The molecule has 2 N–H and O–H groups in total. The summed E-state index contributed by atoms with van der Waals surface area (Å²) in [6.07, 6.45) is 0.664. The Kier molecular flexibility index (Phi) is 4.02. The van der Waals surface area contributed by atoms with Gasteiger partial charge in [0.2, 0.25) is 0 Å². The van der Waals surface area contributed by atoms with E-state index in [2.05, 4.69) is 10.5 Å². The quantitative estimate of drug-likeness (QED) is 0.831. The zero-order chi connectivity index (χ0) is 15.9. The predicted octanol–water partition coefficient (Wildman–Crippen LogP) is 4.75. The largest absolute Gasteiger partial charge is 0.507 e. The minimum Gasteiger partial charge on any atom is -0.507 e. The minimum atomic E-state index is -0.0139. The monoisotopic (exact) mass is 334 g/mol. The van der Waals surface area contributed by atoms with Crippen molar-refractivity contribution in [2.24, 2.45) is 5.10 Å². The number of hydrogen-bond donors (Lipinski definition) is 2. The van der Waals surface area contributed by atoms with E-state index >= 15 is 0 Å². The fraction of sp³-hybridized carbons (Fsp3) is 0.235. The van der Waals surface area contributed by atoms with Crippen molar-refractivity contribution < 1.29 is 5.11 Å². The zero-order valence-corrected chi connectivity index (χ0v) is 13.8. The molecule has 0 saturated carbocycles. The molecule has 22 heavy (non-hydrogen) atoms. The van der Waals surface area contributed by atoms with Gasteiger partial charge in [0.05, 0.1) is 11.8 Å². The zero-order valence-electron chi connectivity index (χ0n) is 12.3. The Morgan fingerprint density at radius 2 is 1.95 bits per heavy atom. The van der Waals surface area contributed by atoms with E-state index in [1.807, 2.05) is 38.1 Å². The van der Waals surface area contributed by atoms with Crippen molar-refractivity contribution >= 4 is 28.9 Å². The van der Waals surface area contributed by atoms with E-state index in [9.17, 15) is 5.11 Å². The summed E-state index contributed by atoms with van der Waals surface area (Å²) in [5.74, 6) is 0.286. The third-order valence-electron chi connectivity index (χ3n) is 3.85. The van der Waals surface area contributed by atoms with Gasteiger partial charge >= 0.3 is 0 Å². The molecule has 0 aromatic heterocycles. The van der Waals surface area contributed by atoms with Crippen LogP contribution in [0.25, 0.3) is 0 Å². The number of hydrogen-bond acceptors (Lipinski definition) is 3. The van der Waals surface area contributed by atoms with Crippen molar-refractivity contribution in [2.75, 3.05) is 0 Å². The second kappa shape index (κ2) is 5.82. The first kappa shape index (κ1) is 15.2. The van der Waals surface area contributed by atoms with Crippen LogP contribution < -0.4 is 5.43 Å². The second-order valence-corrected chi connectivity index (χ2v) is 6.43. The fourth-order valence-corrected chi connectivity index (χ4v) is 3.29. The number of aromatic hydroxyl groups is 1. The molecule has 1 atom stereocenters. The van der Waals surface area contributed by atoms with Crippen LogP contribution in [0.3, 0.4) is 0 Å². The number of phenols is 1. The van der Waals surface area contributed by atoms with Gasteiger partial charge in [-0.05, 0) is 48.7 Å². The molecule has 3 nitrogen and oxygen atoms in total. The fourth-order valence-electron chi connectivity index (χ4n) is 2.75. The Balaban J connectivity index is 1.89. The molecule has 114 valence electrons. The van der Waals surface area contributed by atoms with Gasteiger partial charge in [0, 0.05) is 22.0 Å². The molecule has 2 aromatic carbocycles. The van der Waals surface area contributed by atoms with Crippen LogP contribution >= 0.6 is 23.2 Å². The molecule has 0 radical (unpaired) electrons. The van der Waals surface area contributed by atoms with Gasteiger partial charge in [0.15, 0.2) is 0 Å². The topological polar surface area (TPSA) is 44.6 Å². The van der Waals surface area contributed by atoms with Crippen LogP contribution in [0.1, 0.15) is 34.7 Å².